The number of imidazole rings is 1. The monoisotopic (exact) mass is 191 g/mol. The minimum absolute atomic E-state index is 0.195. The van der Waals surface area contributed by atoms with Crippen molar-refractivity contribution in [3.8, 4) is 0 Å². The fourth-order valence-corrected chi connectivity index (χ4v) is 1.48. The Balaban J connectivity index is 2.61. The second-order valence-corrected chi connectivity index (χ2v) is 3.38. The zero-order chi connectivity index (χ0) is 10.1. The number of aromatic nitrogens is 2. The maximum Gasteiger partial charge on any atom is 0.110 e. The number of nitrogens with two attached hydrogens (primary N) is 1. The molecule has 0 aromatic carbocycles. The van der Waals surface area contributed by atoms with Crippen LogP contribution in [0.25, 0.3) is 5.52 Å². The molecule has 0 aliphatic heterocycles. The number of aliphatic hydroxyl groups excluding tert-OH is 1. The first-order valence-electron chi connectivity index (χ1n) is 4.53. The molecule has 0 spiro atoms. The Morgan fingerprint density at radius 2 is 2.43 bits per heavy atom. The highest BCUT2D eigenvalue weighted by Gasteiger charge is 2.12. The van der Waals surface area contributed by atoms with Crippen LogP contribution in [0.15, 0.2) is 24.7 Å². The maximum absolute atomic E-state index is 9.61. The van der Waals surface area contributed by atoms with E-state index in [1.807, 2.05) is 29.7 Å². The molecule has 1 atom stereocenters. The van der Waals surface area contributed by atoms with E-state index in [4.69, 9.17) is 5.73 Å². The Bertz CT molecular complexity index is 450. The summed E-state index contributed by atoms with van der Waals surface area (Å²) in [6, 6.07) is 3.98. The Kier molecular flexibility index (Phi) is 2.23. The Labute approximate surface area is 82.0 Å². The molecular formula is C10H13N3O. The summed E-state index contributed by atoms with van der Waals surface area (Å²) in [5, 5.41) is 9.61. The quantitative estimate of drug-likeness (QED) is 0.732. The predicted octanol–water partition coefficient (Wildman–Crippen LogP) is 0.635. The molecule has 0 saturated carbocycles. The minimum atomic E-state index is -0.679. The average Bonchev–Trinajstić information content (AvgIpc) is 2.59. The summed E-state index contributed by atoms with van der Waals surface area (Å²) in [4.78, 5) is 4.14. The van der Waals surface area contributed by atoms with Crippen molar-refractivity contribution in [1.29, 1.82) is 0 Å². The van der Waals surface area contributed by atoms with E-state index in [0.717, 1.165) is 11.1 Å². The van der Waals surface area contributed by atoms with Crippen molar-refractivity contribution in [2.75, 3.05) is 6.54 Å². The Morgan fingerprint density at radius 3 is 3.14 bits per heavy atom. The van der Waals surface area contributed by atoms with Gasteiger partial charge in [0.25, 0.3) is 0 Å². The number of hydrogen-bond donors (Lipinski definition) is 2. The molecule has 2 rings (SSSR count). The molecule has 0 fully saturated rings. The zero-order valence-corrected chi connectivity index (χ0v) is 8.01. The molecule has 2 aromatic rings. The van der Waals surface area contributed by atoms with Gasteiger partial charge in [0.1, 0.15) is 6.10 Å². The summed E-state index contributed by atoms with van der Waals surface area (Å²) in [7, 11) is 0. The number of hydrogen-bond acceptors (Lipinski definition) is 3. The van der Waals surface area contributed by atoms with Crippen molar-refractivity contribution in [3.05, 3.63) is 35.9 Å². The van der Waals surface area contributed by atoms with Crippen molar-refractivity contribution in [3.63, 3.8) is 0 Å². The van der Waals surface area contributed by atoms with Gasteiger partial charge in [0.05, 0.1) is 17.5 Å². The third-order valence-corrected chi connectivity index (χ3v) is 2.26. The normalized spacial score (nSPS) is 13.4. The van der Waals surface area contributed by atoms with Crippen LogP contribution < -0.4 is 5.73 Å². The van der Waals surface area contributed by atoms with Gasteiger partial charge in [-0.2, -0.15) is 0 Å². The molecule has 1 unspecified atom stereocenters. The lowest BCUT2D eigenvalue weighted by atomic mass is 10.2. The third-order valence-electron chi connectivity index (χ3n) is 2.26. The molecule has 0 bridgehead atoms. The molecule has 0 saturated heterocycles. The van der Waals surface area contributed by atoms with E-state index in [1.165, 1.54) is 0 Å². The Hall–Kier alpha value is -1.39. The SMILES string of the molecule is Cc1ccn2cnc(C(O)CN)c2c1. The lowest BCUT2D eigenvalue weighted by Gasteiger charge is -2.04. The fourth-order valence-electron chi connectivity index (χ4n) is 1.48. The number of pyridine rings is 1. The van der Waals surface area contributed by atoms with Crippen LogP contribution in [0.2, 0.25) is 0 Å². The molecule has 3 N–H and O–H groups in total. The van der Waals surface area contributed by atoms with Crippen LogP contribution in [-0.2, 0) is 0 Å². The zero-order valence-electron chi connectivity index (χ0n) is 8.01. The molecule has 4 nitrogen and oxygen atoms in total. The van der Waals surface area contributed by atoms with Gasteiger partial charge in [-0.3, -0.25) is 0 Å². The van der Waals surface area contributed by atoms with Gasteiger partial charge in [0.2, 0.25) is 0 Å². The maximum atomic E-state index is 9.61. The number of nitrogens with zero attached hydrogens (tertiary/aromatic N) is 2. The van der Waals surface area contributed by atoms with E-state index in [0.29, 0.717) is 5.69 Å². The van der Waals surface area contributed by atoms with Crippen LogP contribution in [0.5, 0.6) is 0 Å². The fraction of sp³-hybridized carbons (Fsp3) is 0.300. The lowest BCUT2D eigenvalue weighted by molar-refractivity contribution is 0.184. The lowest BCUT2D eigenvalue weighted by Crippen LogP contribution is -2.12. The van der Waals surface area contributed by atoms with Gasteiger partial charge in [-0.25, -0.2) is 4.98 Å². The van der Waals surface area contributed by atoms with Crippen LogP contribution in [0.3, 0.4) is 0 Å². The van der Waals surface area contributed by atoms with Crippen LogP contribution in [-0.4, -0.2) is 21.0 Å². The smallest absolute Gasteiger partial charge is 0.110 e. The van der Waals surface area contributed by atoms with Gasteiger partial charge in [-0.15, -0.1) is 0 Å². The summed E-state index contributed by atoms with van der Waals surface area (Å²) in [5.41, 5.74) is 8.10. The highest BCUT2D eigenvalue weighted by molar-refractivity contribution is 5.54. The average molecular weight is 191 g/mol. The first-order valence-corrected chi connectivity index (χ1v) is 4.53. The minimum Gasteiger partial charge on any atom is -0.385 e. The van der Waals surface area contributed by atoms with Crippen molar-refractivity contribution in [2.24, 2.45) is 5.73 Å². The second kappa shape index (κ2) is 3.40. The standard InChI is InChI=1S/C10H13N3O/c1-7-2-3-13-6-12-10(8(13)4-7)9(14)5-11/h2-4,6,9,14H,5,11H2,1H3. The molecule has 2 aromatic heterocycles. The summed E-state index contributed by atoms with van der Waals surface area (Å²) < 4.78 is 1.88. The van der Waals surface area contributed by atoms with E-state index in [-0.39, 0.29) is 6.54 Å². The van der Waals surface area contributed by atoms with E-state index in [2.05, 4.69) is 4.98 Å². The van der Waals surface area contributed by atoms with Gasteiger partial charge in [0.15, 0.2) is 0 Å². The largest absolute Gasteiger partial charge is 0.385 e. The van der Waals surface area contributed by atoms with Crippen LogP contribution in [0.4, 0.5) is 0 Å². The predicted molar refractivity (Wildman–Crippen MR) is 53.9 cm³/mol. The van der Waals surface area contributed by atoms with Crippen molar-refractivity contribution < 1.29 is 5.11 Å². The molecular weight excluding hydrogens is 178 g/mol. The highest BCUT2D eigenvalue weighted by Crippen LogP contribution is 2.17. The van der Waals surface area contributed by atoms with Crippen LogP contribution >= 0.6 is 0 Å². The number of rotatable bonds is 2. The van der Waals surface area contributed by atoms with Crippen molar-refractivity contribution in [1.82, 2.24) is 9.38 Å². The Morgan fingerprint density at radius 1 is 1.64 bits per heavy atom. The van der Waals surface area contributed by atoms with Crippen LogP contribution in [0, 0.1) is 6.92 Å². The van der Waals surface area contributed by atoms with Crippen molar-refractivity contribution in [2.45, 2.75) is 13.0 Å². The highest BCUT2D eigenvalue weighted by atomic mass is 16.3. The number of fused-ring (bicyclic) bond motifs is 1. The van der Waals surface area contributed by atoms with E-state index >= 15 is 0 Å². The van der Waals surface area contributed by atoms with E-state index in [1.54, 1.807) is 6.33 Å². The topological polar surface area (TPSA) is 63.5 Å². The number of aliphatic hydroxyl groups is 1. The summed E-state index contributed by atoms with van der Waals surface area (Å²) in [5.74, 6) is 0. The van der Waals surface area contributed by atoms with E-state index in [9.17, 15) is 5.11 Å². The van der Waals surface area contributed by atoms with Gasteiger partial charge in [0, 0.05) is 12.7 Å². The molecule has 0 amide bonds. The first-order chi connectivity index (χ1) is 6.72. The third kappa shape index (κ3) is 1.38. The van der Waals surface area contributed by atoms with Gasteiger partial charge in [-0.05, 0) is 24.6 Å². The summed E-state index contributed by atoms with van der Waals surface area (Å²) >= 11 is 0. The first kappa shape index (κ1) is 9.18. The molecule has 14 heavy (non-hydrogen) atoms. The number of aryl methyl sites for hydroxylation is 1. The van der Waals surface area contributed by atoms with Crippen molar-refractivity contribution >= 4 is 5.52 Å². The summed E-state index contributed by atoms with van der Waals surface area (Å²) in [6.45, 7) is 2.20. The molecule has 4 heteroatoms. The molecule has 2 heterocycles. The molecule has 0 radical (unpaired) electrons. The van der Waals surface area contributed by atoms with Gasteiger partial charge < -0.3 is 15.2 Å². The van der Waals surface area contributed by atoms with Gasteiger partial charge >= 0.3 is 0 Å². The molecule has 0 aliphatic carbocycles. The van der Waals surface area contributed by atoms with Crippen LogP contribution in [0.1, 0.15) is 17.4 Å². The second-order valence-electron chi connectivity index (χ2n) is 3.38. The molecule has 0 aliphatic rings. The van der Waals surface area contributed by atoms with Gasteiger partial charge in [-0.1, -0.05) is 0 Å². The molecule has 74 valence electrons. The van der Waals surface area contributed by atoms with E-state index < -0.39 is 6.10 Å². The summed E-state index contributed by atoms with van der Waals surface area (Å²) in [6.07, 6.45) is 2.93.